The summed E-state index contributed by atoms with van der Waals surface area (Å²) < 4.78 is 47.7. The molecule has 25 rings (SSSR count). The van der Waals surface area contributed by atoms with Gasteiger partial charge in [0.1, 0.15) is 67.0 Å². The second kappa shape index (κ2) is 20.3. The number of benzene rings is 16. The van der Waals surface area contributed by atoms with Crippen LogP contribution in [0, 0.1) is 0 Å². The van der Waals surface area contributed by atoms with Crippen molar-refractivity contribution in [1.29, 1.82) is 0 Å². The Hall–Kier alpha value is -14.3. The monoisotopic (exact) mass is 1340 g/mol. The van der Waals surface area contributed by atoms with E-state index in [1.807, 2.05) is 0 Å². The fourth-order valence-corrected chi connectivity index (χ4v) is 17.8. The second-order valence-electron chi connectivity index (χ2n) is 28.2. The number of fused-ring (bicyclic) bond motifs is 27. The van der Waals surface area contributed by atoms with Crippen LogP contribution in [0.25, 0.3) is 247 Å². The SMILES string of the molecule is c1ccc2c(c1)c1ccccc1n2-c1ccc2oc3cc4c(cc3c2c1)oc1ccc(-c2cc(-c3ccc5oc6cc7c(cc6c5c3)oc3ccc(-n5c6ccccc6c6ccccc65)cc37)cc(-c3ccc5oc6cc7c(cc6c5c3)oc3ccc(-n5c6ccccc6c6ccccc65)cc37)c2)cc14. The Kier molecular flexibility index (Phi) is 10.7. The maximum absolute atomic E-state index is 6.82. The highest BCUT2D eigenvalue weighted by Crippen LogP contribution is 2.47. The van der Waals surface area contributed by atoms with E-state index >= 15 is 0 Å². The molecule has 0 aliphatic carbocycles. The van der Waals surface area contributed by atoms with Crippen LogP contribution in [-0.4, -0.2) is 13.7 Å². The van der Waals surface area contributed by atoms with Crippen LogP contribution >= 0.6 is 0 Å². The van der Waals surface area contributed by atoms with E-state index in [0.29, 0.717) is 0 Å². The lowest BCUT2D eigenvalue weighted by molar-refractivity contribution is 0.664. The highest BCUT2D eigenvalue weighted by molar-refractivity contribution is 6.21. The summed E-state index contributed by atoms with van der Waals surface area (Å²) in [5.41, 5.74) is 26.1. The summed E-state index contributed by atoms with van der Waals surface area (Å²) in [5.74, 6) is 0. The van der Waals surface area contributed by atoms with Gasteiger partial charge in [0, 0.05) is 114 Å². The Morgan fingerprint density at radius 2 is 0.324 bits per heavy atom. The van der Waals surface area contributed by atoms with E-state index in [1.165, 1.54) is 32.3 Å². The summed E-state index contributed by atoms with van der Waals surface area (Å²) >= 11 is 0. The van der Waals surface area contributed by atoms with Crippen molar-refractivity contribution >= 4 is 197 Å². The molecular weight excluding hydrogens is 1290 g/mol. The summed E-state index contributed by atoms with van der Waals surface area (Å²) in [7, 11) is 0. The van der Waals surface area contributed by atoms with Crippen LogP contribution in [0.5, 0.6) is 0 Å². The number of hydrogen-bond donors (Lipinski definition) is 0. The lowest BCUT2D eigenvalue weighted by Gasteiger charge is -2.12. The van der Waals surface area contributed by atoms with Gasteiger partial charge in [-0.3, -0.25) is 0 Å². The summed E-state index contributed by atoms with van der Waals surface area (Å²) in [6.07, 6.45) is 0. The molecule has 0 saturated heterocycles. The maximum atomic E-state index is 6.82. The van der Waals surface area contributed by atoms with Crippen molar-refractivity contribution in [3.05, 3.63) is 309 Å². The smallest absolute Gasteiger partial charge is 0.136 e. The van der Waals surface area contributed by atoms with Gasteiger partial charge in [-0.1, -0.05) is 127 Å². The van der Waals surface area contributed by atoms with Gasteiger partial charge < -0.3 is 40.2 Å². The molecular formula is C96H51N3O6. The van der Waals surface area contributed by atoms with Crippen LogP contribution in [0.2, 0.25) is 0 Å². The summed E-state index contributed by atoms with van der Waals surface area (Å²) in [6, 6.07) is 111. The van der Waals surface area contributed by atoms with Crippen LogP contribution in [0.1, 0.15) is 0 Å². The van der Waals surface area contributed by atoms with Crippen LogP contribution in [0.15, 0.2) is 336 Å². The van der Waals surface area contributed by atoms with E-state index in [-0.39, 0.29) is 0 Å². The number of hydrogen-bond acceptors (Lipinski definition) is 6. The van der Waals surface area contributed by atoms with E-state index in [9.17, 15) is 0 Å². The summed E-state index contributed by atoms with van der Waals surface area (Å²) in [5, 5.41) is 19.4. The molecule has 9 nitrogen and oxygen atoms in total. The average Bonchev–Trinajstić information content (AvgIpc) is 1.59. The van der Waals surface area contributed by atoms with Gasteiger partial charge in [-0.2, -0.15) is 0 Å². The van der Waals surface area contributed by atoms with E-state index in [4.69, 9.17) is 26.5 Å². The van der Waals surface area contributed by atoms with Gasteiger partial charge in [0.15, 0.2) is 0 Å². The highest BCUT2D eigenvalue weighted by Gasteiger charge is 2.24. The molecule has 9 aromatic heterocycles. The van der Waals surface area contributed by atoms with Crippen molar-refractivity contribution in [2.24, 2.45) is 0 Å². The zero-order valence-corrected chi connectivity index (χ0v) is 55.7. The number of aromatic nitrogens is 3. The fraction of sp³-hybridized carbons (Fsp3) is 0. The second-order valence-corrected chi connectivity index (χ2v) is 28.2. The fourth-order valence-electron chi connectivity index (χ4n) is 17.8. The number of nitrogens with zero attached hydrogens (tertiary/aromatic N) is 3. The third-order valence-electron chi connectivity index (χ3n) is 22.6. The molecule has 0 radical (unpaired) electrons. The van der Waals surface area contributed by atoms with Crippen LogP contribution in [-0.2, 0) is 0 Å². The molecule has 9 heterocycles. The van der Waals surface area contributed by atoms with Crippen molar-refractivity contribution in [2.45, 2.75) is 0 Å². The molecule has 16 aromatic carbocycles. The zero-order chi connectivity index (χ0) is 68.0. The van der Waals surface area contributed by atoms with Gasteiger partial charge in [-0.25, -0.2) is 0 Å². The quantitative estimate of drug-likeness (QED) is 0.165. The molecule has 25 aromatic rings. The first-order chi connectivity index (χ1) is 51.9. The highest BCUT2D eigenvalue weighted by atomic mass is 16.4. The number of rotatable bonds is 6. The van der Waals surface area contributed by atoms with Crippen LogP contribution in [0.4, 0.5) is 0 Å². The summed E-state index contributed by atoms with van der Waals surface area (Å²) in [4.78, 5) is 0. The lowest BCUT2D eigenvalue weighted by Crippen LogP contribution is -1.93. The Bertz CT molecular complexity index is 7260. The van der Waals surface area contributed by atoms with Crippen molar-refractivity contribution in [3.63, 3.8) is 0 Å². The third kappa shape index (κ3) is 7.79. The number of para-hydroxylation sites is 6. The molecule has 0 atom stereocenters. The maximum Gasteiger partial charge on any atom is 0.136 e. The first-order valence-corrected chi connectivity index (χ1v) is 35.6. The molecule has 0 aliphatic rings. The predicted octanol–water partition coefficient (Wildman–Crippen LogP) is 27.4. The normalized spacial score (nSPS) is 12.6. The Morgan fingerprint density at radius 3 is 0.552 bits per heavy atom. The van der Waals surface area contributed by atoms with E-state index < -0.39 is 0 Å². The van der Waals surface area contributed by atoms with Crippen LogP contribution < -0.4 is 0 Å². The minimum Gasteiger partial charge on any atom is -0.456 e. The molecule has 9 heteroatoms. The Balaban J connectivity index is 0.634. The molecule has 0 N–H and O–H groups in total. The van der Waals surface area contributed by atoms with Gasteiger partial charge in [-0.15, -0.1) is 0 Å². The predicted molar refractivity (Wildman–Crippen MR) is 429 cm³/mol. The largest absolute Gasteiger partial charge is 0.456 e. The van der Waals surface area contributed by atoms with Crippen LogP contribution in [0.3, 0.4) is 0 Å². The zero-order valence-electron chi connectivity index (χ0n) is 55.7. The molecule has 486 valence electrons. The van der Waals surface area contributed by atoms with Gasteiger partial charge in [-0.05, 0) is 215 Å². The van der Waals surface area contributed by atoms with Crippen molar-refractivity contribution in [1.82, 2.24) is 13.7 Å². The molecule has 0 unspecified atom stereocenters. The third-order valence-corrected chi connectivity index (χ3v) is 22.6. The molecule has 0 bridgehead atoms. The average molecular weight is 1340 g/mol. The minimum atomic E-state index is 0.795. The lowest BCUT2D eigenvalue weighted by atomic mass is 9.92. The van der Waals surface area contributed by atoms with Gasteiger partial charge in [0.2, 0.25) is 0 Å². The van der Waals surface area contributed by atoms with Gasteiger partial charge in [0.05, 0.1) is 33.1 Å². The standard InChI is InChI=1S/C96H51N3O6/c1-7-19-79-61(13-1)62-14-2-8-20-80(62)97(79)58-28-34-88-70(43-58)76-49-91-73(46-94(76)103-88)67-40-52(25-31-85(67)100-91)55-37-56(53-26-32-86-68(41-53)74-47-95-77(50-92(74)101-86)71-44-59(29-35-89(71)104-95)98-81-21-9-3-15-63(81)64-16-4-10-22-82(64)98)39-57(38-55)54-27-33-87-69(42-54)75-48-96-78(51-93(75)102-87)72-45-60(30-36-90(72)105-96)99-83-23-11-5-17-65(83)66-18-6-12-24-84(66)99/h1-51H. The molecule has 0 fully saturated rings. The van der Waals surface area contributed by atoms with Gasteiger partial charge >= 0.3 is 0 Å². The first-order valence-electron chi connectivity index (χ1n) is 35.6. The Labute approximate surface area is 593 Å². The first kappa shape index (κ1) is 55.5. The molecule has 105 heavy (non-hydrogen) atoms. The molecule has 0 amide bonds. The van der Waals surface area contributed by atoms with E-state index in [1.54, 1.807) is 0 Å². The number of furan rings is 6. The minimum absolute atomic E-state index is 0.795. The topological polar surface area (TPSA) is 93.6 Å². The summed E-state index contributed by atoms with van der Waals surface area (Å²) in [6.45, 7) is 0. The van der Waals surface area contributed by atoms with E-state index in [2.05, 4.69) is 323 Å². The molecule has 0 spiro atoms. The van der Waals surface area contributed by atoms with Crippen molar-refractivity contribution in [2.75, 3.05) is 0 Å². The molecule has 0 saturated carbocycles. The molecule has 0 aliphatic heterocycles. The van der Waals surface area contributed by atoms with Crippen molar-refractivity contribution < 1.29 is 26.5 Å². The van der Waals surface area contributed by atoms with Crippen molar-refractivity contribution in [3.8, 4) is 50.4 Å². The van der Waals surface area contributed by atoms with Gasteiger partial charge in [0.25, 0.3) is 0 Å². The Morgan fingerprint density at radius 1 is 0.133 bits per heavy atom. The van der Waals surface area contributed by atoms with E-state index in [0.717, 1.165) is 215 Å².